The fraction of sp³-hybridized carbons (Fsp3) is 0.375. The third-order valence-corrected chi connectivity index (χ3v) is 3.35. The standard InChI is InChI=1S/C16H19NO4/c1-12-4-3-5-13(10-12)6-7-15(18)17-8-9-21-11-14(17)16(19)20-2/h3-7,10,14H,8-9,11H2,1-2H3/b7-6+. The Morgan fingerprint density at radius 3 is 2.95 bits per heavy atom. The van der Waals surface area contributed by atoms with Crippen LogP contribution in [0.1, 0.15) is 11.1 Å². The van der Waals surface area contributed by atoms with Crippen molar-refractivity contribution in [2.24, 2.45) is 0 Å². The molecule has 1 aliphatic heterocycles. The van der Waals surface area contributed by atoms with Gasteiger partial charge in [0.2, 0.25) is 5.91 Å². The van der Waals surface area contributed by atoms with E-state index in [9.17, 15) is 9.59 Å². The summed E-state index contributed by atoms with van der Waals surface area (Å²) in [5, 5.41) is 0. The smallest absolute Gasteiger partial charge is 0.331 e. The van der Waals surface area contributed by atoms with Gasteiger partial charge in [-0.2, -0.15) is 0 Å². The SMILES string of the molecule is COC(=O)C1COCCN1C(=O)/C=C/c1cccc(C)c1. The molecule has 2 rings (SSSR count). The molecule has 5 heteroatoms. The summed E-state index contributed by atoms with van der Waals surface area (Å²) in [6.07, 6.45) is 3.23. The Balaban J connectivity index is 2.08. The summed E-state index contributed by atoms with van der Waals surface area (Å²) in [4.78, 5) is 25.4. The van der Waals surface area contributed by atoms with Crippen molar-refractivity contribution in [2.75, 3.05) is 26.9 Å². The lowest BCUT2D eigenvalue weighted by Crippen LogP contribution is -2.52. The van der Waals surface area contributed by atoms with Crippen molar-refractivity contribution < 1.29 is 19.1 Å². The molecule has 1 unspecified atom stereocenters. The lowest BCUT2D eigenvalue weighted by atomic mass is 10.1. The number of ether oxygens (including phenoxy) is 2. The molecule has 21 heavy (non-hydrogen) atoms. The summed E-state index contributed by atoms with van der Waals surface area (Å²) < 4.78 is 9.96. The molecule has 1 heterocycles. The quantitative estimate of drug-likeness (QED) is 0.623. The summed E-state index contributed by atoms with van der Waals surface area (Å²) >= 11 is 0. The molecule has 1 aromatic carbocycles. The number of rotatable bonds is 3. The first kappa shape index (κ1) is 15.3. The zero-order valence-electron chi connectivity index (χ0n) is 12.2. The molecular weight excluding hydrogens is 270 g/mol. The Bertz CT molecular complexity index is 553. The van der Waals surface area contributed by atoms with E-state index in [2.05, 4.69) is 0 Å². The predicted molar refractivity (Wildman–Crippen MR) is 78.5 cm³/mol. The van der Waals surface area contributed by atoms with E-state index in [0.717, 1.165) is 11.1 Å². The van der Waals surface area contributed by atoms with Crippen molar-refractivity contribution in [3.05, 3.63) is 41.5 Å². The highest BCUT2D eigenvalue weighted by Gasteiger charge is 2.32. The first-order chi connectivity index (χ1) is 10.1. The molecule has 1 saturated heterocycles. The van der Waals surface area contributed by atoms with Crippen LogP contribution in [0.25, 0.3) is 6.08 Å². The van der Waals surface area contributed by atoms with Crippen LogP contribution in [0.15, 0.2) is 30.3 Å². The van der Waals surface area contributed by atoms with E-state index >= 15 is 0 Å². The van der Waals surface area contributed by atoms with E-state index in [0.29, 0.717) is 13.2 Å². The third-order valence-electron chi connectivity index (χ3n) is 3.35. The van der Waals surface area contributed by atoms with Gasteiger partial charge < -0.3 is 14.4 Å². The molecule has 0 aromatic heterocycles. The van der Waals surface area contributed by atoms with E-state index < -0.39 is 12.0 Å². The second-order valence-corrected chi connectivity index (χ2v) is 4.89. The third kappa shape index (κ3) is 3.92. The Hall–Kier alpha value is -2.14. The van der Waals surface area contributed by atoms with Gasteiger partial charge in [0, 0.05) is 12.6 Å². The average molecular weight is 289 g/mol. The molecule has 1 fully saturated rings. The van der Waals surface area contributed by atoms with Gasteiger partial charge in [0.15, 0.2) is 6.04 Å². The van der Waals surface area contributed by atoms with Gasteiger partial charge in [-0.15, -0.1) is 0 Å². The van der Waals surface area contributed by atoms with Crippen LogP contribution in [0.4, 0.5) is 0 Å². The molecule has 1 amide bonds. The molecule has 0 radical (unpaired) electrons. The average Bonchev–Trinajstić information content (AvgIpc) is 2.52. The van der Waals surface area contributed by atoms with Crippen LogP contribution in [0.5, 0.6) is 0 Å². The lowest BCUT2D eigenvalue weighted by Gasteiger charge is -2.32. The Morgan fingerprint density at radius 1 is 1.43 bits per heavy atom. The minimum atomic E-state index is -0.668. The van der Waals surface area contributed by atoms with Gasteiger partial charge in [0.1, 0.15) is 0 Å². The topological polar surface area (TPSA) is 55.8 Å². The van der Waals surface area contributed by atoms with Gasteiger partial charge in [-0.1, -0.05) is 29.8 Å². The number of aryl methyl sites for hydroxylation is 1. The summed E-state index contributed by atoms with van der Waals surface area (Å²) in [6, 6.07) is 7.17. The Labute approximate surface area is 124 Å². The van der Waals surface area contributed by atoms with E-state index in [4.69, 9.17) is 9.47 Å². The zero-order chi connectivity index (χ0) is 15.2. The van der Waals surface area contributed by atoms with Crippen LogP contribution >= 0.6 is 0 Å². The van der Waals surface area contributed by atoms with Crippen LogP contribution in [0.3, 0.4) is 0 Å². The van der Waals surface area contributed by atoms with Gasteiger partial charge in [-0.3, -0.25) is 4.79 Å². The van der Waals surface area contributed by atoms with Crippen molar-refractivity contribution >= 4 is 18.0 Å². The number of carbonyl (C=O) groups is 2. The van der Waals surface area contributed by atoms with Gasteiger partial charge in [-0.25, -0.2) is 4.79 Å². The maximum Gasteiger partial charge on any atom is 0.331 e. The normalized spacial score (nSPS) is 18.8. The molecule has 0 bridgehead atoms. The van der Waals surface area contributed by atoms with Crippen molar-refractivity contribution in [1.29, 1.82) is 0 Å². The number of amides is 1. The maximum absolute atomic E-state index is 12.3. The van der Waals surface area contributed by atoms with Gasteiger partial charge in [-0.05, 0) is 18.6 Å². The van der Waals surface area contributed by atoms with Crippen LogP contribution in [0, 0.1) is 6.92 Å². The lowest BCUT2D eigenvalue weighted by molar-refractivity contribution is -0.158. The Kier molecular flexibility index (Phi) is 5.11. The fourth-order valence-corrected chi connectivity index (χ4v) is 2.24. The molecule has 0 N–H and O–H groups in total. The van der Waals surface area contributed by atoms with Gasteiger partial charge in [0.05, 0.1) is 20.3 Å². The minimum absolute atomic E-state index is 0.177. The molecule has 0 aliphatic carbocycles. The van der Waals surface area contributed by atoms with Crippen molar-refractivity contribution in [3.63, 3.8) is 0 Å². The number of hydrogen-bond acceptors (Lipinski definition) is 4. The minimum Gasteiger partial charge on any atom is -0.467 e. The second kappa shape index (κ2) is 7.04. The van der Waals surface area contributed by atoms with Crippen molar-refractivity contribution in [2.45, 2.75) is 13.0 Å². The predicted octanol–water partition coefficient (Wildman–Crippen LogP) is 1.41. The summed E-state index contributed by atoms with van der Waals surface area (Å²) in [7, 11) is 1.31. The summed E-state index contributed by atoms with van der Waals surface area (Å²) in [5.74, 6) is -0.665. The number of morpholine rings is 1. The number of esters is 1. The second-order valence-electron chi connectivity index (χ2n) is 4.89. The molecule has 1 atom stereocenters. The van der Waals surface area contributed by atoms with E-state index in [1.165, 1.54) is 18.1 Å². The number of hydrogen-bond donors (Lipinski definition) is 0. The van der Waals surface area contributed by atoms with Crippen LogP contribution in [-0.2, 0) is 19.1 Å². The molecule has 1 aliphatic rings. The first-order valence-corrected chi connectivity index (χ1v) is 6.82. The number of methoxy groups -OCH3 is 1. The van der Waals surface area contributed by atoms with E-state index in [1.807, 2.05) is 31.2 Å². The zero-order valence-corrected chi connectivity index (χ0v) is 12.2. The molecular formula is C16H19NO4. The maximum atomic E-state index is 12.3. The summed E-state index contributed by atoms with van der Waals surface area (Å²) in [5.41, 5.74) is 2.08. The molecule has 112 valence electrons. The molecule has 1 aromatic rings. The van der Waals surface area contributed by atoms with Crippen LogP contribution in [0.2, 0.25) is 0 Å². The van der Waals surface area contributed by atoms with Crippen LogP contribution < -0.4 is 0 Å². The van der Waals surface area contributed by atoms with Crippen molar-refractivity contribution in [3.8, 4) is 0 Å². The molecule has 0 spiro atoms. The number of benzene rings is 1. The summed E-state index contributed by atoms with van der Waals surface area (Å²) in [6.45, 7) is 2.99. The van der Waals surface area contributed by atoms with E-state index in [-0.39, 0.29) is 12.5 Å². The fourth-order valence-electron chi connectivity index (χ4n) is 2.24. The molecule has 5 nitrogen and oxygen atoms in total. The molecule has 0 saturated carbocycles. The largest absolute Gasteiger partial charge is 0.467 e. The monoisotopic (exact) mass is 289 g/mol. The van der Waals surface area contributed by atoms with Gasteiger partial charge >= 0.3 is 5.97 Å². The first-order valence-electron chi connectivity index (χ1n) is 6.82. The highest BCUT2D eigenvalue weighted by Crippen LogP contribution is 2.11. The number of carbonyl (C=O) groups excluding carboxylic acids is 2. The number of nitrogens with zero attached hydrogens (tertiary/aromatic N) is 1. The highest BCUT2D eigenvalue weighted by molar-refractivity contribution is 5.94. The Morgan fingerprint density at radius 2 is 2.24 bits per heavy atom. The van der Waals surface area contributed by atoms with Crippen LogP contribution in [-0.4, -0.2) is 49.7 Å². The van der Waals surface area contributed by atoms with Gasteiger partial charge in [0.25, 0.3) is 0 Å². The highest BCUT2D eigenvalue weighted by atomic mass is 16.5. The van der Waals surface area contributed by atoms with Crippen molar-refractivity contribution in [1.82, 2.24) is 4.90 Å². The van der Waals surface area contributed by atoms with E-state index in [1.54, 1.807) is 6.08 Å².